The third-order valence-corrected chi connectivity index (χ3v) is 5.09. The van der Waals surface area contributed by atoms with Gasteiger partial charge in [-0.2, -0.15) is 0 Å². The number of piperidine rings is 1. The number of nitrogens with zero attached hydrogens (tertiary/aromatic N) is 1. The summed E-state index contributed by atoms with van der Waals surface area (Å²) in [5.41, 5.74) is 8.40. The van der Waals surface area contributed by atoms with Gasteiger partial charge in [0.2, 0.25) is 5.91 Å². The Morgan fingerprint density at radius 1 is 1.00 bits per heavy atom. The molecule has 1 aliphatic heterocycles. The Morgan fingerprint density at radius 3 is 2.28 bits per heavy atom. The molecule has 4 nitrogen and oxygen atoms in total. The Morgan fingerprint density at radius 2 is 1.68 bits per heavy atom. The third-order valence-electron chi connectivity index (χ3n) is 5.09. The van der Waals surface area contributed by atoms with E-state index in [4.69, 9.17) is 5.73 Å². The van der Waals surface area contributed by atoms with Crippen LogP contribution >= 0.6 is 0 Å². The van der Waals surface area contributed by atoms with E-state index in [1.807, 2.05) is 41.3 Å². The van der Waals surface area contributed by atoms with Crippen molar-refractivity contribution in [3.63, 3.8) is 0 Å². The molecule has 0 aliphatic carbocycles. The predicted octanol–water partition coefficient (Wildman–Crippen LogP) is 3.71. The Hall–Kier alpha value is -2.62. The summed E-state index contributed by atoms with van der Waals surface area (Å²) >= 11 is 0. The number of hydrogen-bond acceptors (Lipinski definition) is 2. The quantitative estimate of drug-likeness (QED) is 0.925. The summed E-state index contributed by atoms with van der Waals surface area (Å²) in [6.45, 7) is 3.90. The first-order chi connectivity index (χ1) is 12.1. The second-order valence-electron chi connectivity index (χ2n) is 6.67. The lowest BCUT2D eigenvalue weighted by Crippen LogP contribution is -2.38. The van der Waals surface area contributed by atoms with Gasteiger partial charge in [0.15, 0.2) is 0 Å². The summed E-state index contributed by atoms with van der Waals surface area (Å²) in [5.74, 6) is 0.412. The molecule has 2 aromatic rings. The third kappa shape index (κ3) is 3.90. The van der Waals surface area contributed by atoms with Crippen LogP contribution in [0.4, 0.5) is 0 Å². The van der Waals surface area contributed by atoms with Crippen LogP contribution in [0.5, 0.6) is 0 Å². The van der Waals surface area contributed by atoms with Crippen LogP contribution < -0.4 is 5.73 Å². The van der Waals surface area contributed by atoms with Gasteiger partial charge in [-0.25, -0.2) is 0 Å². The van der Waals surface area contributed by atoms with Crippen LogP contribution in [-0.4, -0.2) is 29.8 Å². The van der Waals surface area contributed by atoms with Gasteiger partial charge < -0.3 is 10.6 Å². The molecule has 1 heterocycles. The molecule has 1 saturated heterocycles. The summed E-state index contributed by atoms with van der Waals surface area (Å²) in [5, 5.41) is 0. The standard InChI is InChI=1S/C21H24N2O2/c1-2-15-10-12-23(13-11-15)21(25)19-5-3-4-18(14-19)16-6-8-17(9-7-16)20(22)24/h3-9,14-15H,2,10-13H2,1H3,(H2,22,24). The van der Waals surface area contributed by atoms with Gasteiger partial charge in [0.1, 0.15) is 0 Å². The molecule has 0 bridgehead atoms. The van der Waals surface area contributed by atoms with Crippen molar-refractivity contribution >= 4 is 11.8 Å². The fraction of sp³-hybridized carbons (Fsp3) is 0.333. The van der Waals surface area contributed by atoms with Crippen LogP contribution in [0.3, 0.4) is 0 Å². The van der Waals surface area contributed by atoms with Gasteiger partial charge in [-0.3, -0.25) is 9.59 Å². The molecule has 0 unspecified atom stereocenters. The number of rotatable bonds is 4. The molecule has 2 aromatic carbocycles. The highest BCUT2D eigenvalue weighted by molar-refractivity contribution is 5.96. The zero-order valence-corrected chi connectivity index (χ0v) is 14.6. The first-order valence-electron chi connectivity index (χ1n) is 8.88. The molecule has 2 amide bonds. The molecule has 2 N–H and O–H groups in total. The largest absolute Gasteiger partial charge is 0.366 e. The fourth-order valence-corrected chi connectivity index (χ4v) is 3.39. The molecule has 0 radical (unpaired) electrons. The van der Waals surface area contributed by atoms with E-state index in [2.05, 4.69) is 6.92 Å². The maximum Gasteiger partial charge on any atom is 0.253 e. The smallest absolute Gasteiger partial charge is 0.253 e. The Labute approximate surface area is 148 Å². The molecule has 25 heavy (non-hydrogen) atoms. The second-order valence-corrected chi connectivity index (χ2v) is 6.67. The SMILES string of the molecule is CCC1CCN(C(=O)c2cccc(-c3ccc(C(N)=O)cc3)c2)CC1. The summed E-state index contributed by atoms with van der Waals surface area (Å²) in [6, 6.07) is 14.8. The van der Waals surface area contributed by atoms with Gasteiger partial charge in [-0.1, -0.05) is 37.6 Å². The summed E-state index contributed by atoms with van der Waals surface area (Å²) in [6.07, 6.45) is 3.38. The van der Waals surface area contributed by atoms with E-state index in [1.54, 1.807) is 12.1 Å². The Bertz CT molecular complexity index is 760. The maximum atomic E-state index is 12.8. The van der Waals surface area contributed by atoms with Crippen LogP contribution in [0.1, 0.15) is 46.9 Å². The van der Waals surface area contributed by atoms with Gasteiger partial charge >= 0.3 is 0 Å². The average molecular weight is 336 g/mol. The highest BCUT2D eigenvalue weighted by Gasteiger charge is 2.22. The molecule has 0 atom stereocenters. The van der Waals surface area contributed by atoms with Crippen molar-refractivity contribution in [2.45, 2.75) is 26.2 Å². The van der Waals surface area contributed by atoms with Crippen molar-refractivity contribution in [1.82, 2.24) is 4.90 Å². The highest BCUT2D eigenvalue weighted by atomic mass is 16.2. The number of primary amides is 1. The minimum absolute atomic E-state index is 0.102. The molecule has 130 valence electrons. The molecule has 0 saturated carbocycles. The minimum atomic E-state index is -0.439. The lowest BCUT2D eigenvalue weighted by Gasteiger charge is -2.31. The van der Waals surface area contributed by atoms with Crippen LogP contribution in [0.2, 0.25) is 0 Å². The van der Waals surface area contributed by atoms with E-state index in [0.29, 0.717) is 11.1 Å². The molecule has 1 aliphatic rings. The summed E-state index contributed by atoms with van der Waals surface area (Å²) in [4.78, 5) is 25.9. The van der Waals surface area contributed by atoms with E-state index in [-0.39, 0.29) is 5.91 Å². The van der Waals surface area contributed by atoms with Crippen molar-refractivity contribution in [3.8, 4) is 11.1 Å². The molecule has 4 heteroatoms. The van der Waals surface area contributed by atoms with E-state index < -0.39 is 5.91 Å². The lowest BCUT2D eigenvalue weighted by atomic mass is 9.94. The monoisotopic (exact) mass is 336 g/mol. The number of carbonyl (C=O) groups is 2. The highest BCUT2D eigenvalue weighted by Crippen LogP contribution is 2.24. The molecule has 1 fully saturated rings. The minimum Gasteiger partial charge on any atom is -0.366 e. The number of nitrogens with two attached hydrogens (primary N) is 1. The van der Waals surface area contributed by atoms with Crippen LogP contribution in [0, 0.1) is 5.92 Å². The first-order valence-corrected chi connectivity index (χ1v) is 8.88. The maximum absolute atomic E-state index is 12.8. The topological polar surface area (TPSA) is 63.4 Å². The van der Waals surface area contributed by atoms with E-state index in [9.17, 15) is 9.59 Å². The van der Waals surface area contributed by atoms with Gasteiger partial charge in [-0.15, -0.1) is 0 Å². The van der Waals surface area contributed by atoms with Crippen molar-refractivity contribution in [1.29, 1.82) is 0 Å². The van der Waals surface area contributed by atoms with Gasteiger partial charge in [-0.05, 0) is 54.2 Å². The number of likely N-dealkylation sites (tertiary alicyclic amines) is 1. The fourth-order valence-electron chi connectivity index (χ4n) is 3.39. The molecule has 0 aromatic heterocycles. The number of carbonyl (C=O) groups excluding carboxylic acids is 2. The lowest BCUT2D eigenvalue weighted by molar-refractivity contribution is 0.0688. The number of amides is 2. The molecule has 0 spiro atoms. The molecular weight excluding hydrogens is 312 g/mol. The van der Waals surface area contributed by atoms with Gasteiger partial charge in [0.05, 0.1) is 0 Å². The van der Waals surface area contributed by atoms with Crippen LogP contribution in [0.25, 0.3) is 11.1 Å². The van der Waals surface area contributed by atoms with Crippen molar-refractivity contribution < 1.29 is 9.59 Å². The van der Waals surface area contributed by atoms with Gasteiger partial charge in [0.25, 0.3) is 5.91 Å². The van der Waals surface area contributed by atoms with Gasteiger partial charge in [0, 0.05) is 24.2 Å². The normalized spacial score (nSPS) is 15.2. The van der Waals surface area contributed by atoms with Crippen LogP contribution in [-0.2, 0) is 0 Å². The average Bonchev–Trinajstić information content (AvgIpc) is 2.67. The first kappa shape index (κ1) is 17.2. The van der Waals surface area contributed by atoms with Crippen LogP contribution in [0.15, 0.2) is 48.5 Å². The number of hydrogen-bond donors (Lipinski definition) is 1. The zero-order valence-electron chi connectivity index (χ0n) is 14.6. The predicted molar refractivity (Wildman–Crippen MR) is 99.3 cm³/mol. The van der Waals surface area contributed by atoms with E-state index >= 15 is 0 Å². The second kappa shape index (κ2) is 7.51. The van der Waals surface area contributed by atoms with E-state index in [0.717, 1.165) is 43.0 Å². The van der Waals surface area contributed by atoms with Crippen molar-refractivity contribution in [2.75, 3.05) is 13.1 Å². The number of benzene rings is 2. The Balaban J connectivity index is 1.77. The molecular formula is C21H24N2O2. The summed E-state index contributed by atoms with van der Waals surface area (Å²) < 4.78 is 0. The van der Waals surface area contributed by atoms with E-state index in [1.165, 1.54) is 6.42 Å². The van der Waals surface area contributed by atoms with Crippen molar-refractivity contribution in [2.24, 2.45) is 11.7 Å². The van der Waals surface area contributed by atoms with Crippen molar-refractivity contribution in [3.05, 3.63) is 59.7 Å². The zero-order chi connectivity index (χ0) is 17.8. The summed E-state index contributed by atoms with van der Waals surface area (Å²) in [7, 11) is 0. The molecule has 3 rings (SSSR count). The Kier molecular flexibility index (Phi) is 5.17.